The van der Waals surface area contributed by atoms with Gasteiger partial charge in [-0.1, -0.05) is 88.7 Å². The summed E-state index contributed by atoms with van der Waals surface area (Å²) in [6.07, 6.45) is 25.6. The van der Waals surface area contributed by atoms with Crippen molar-refractivity contribution < 1.29 is 14.6 Å². The van der Waals surface area contributed by atoms with E-state index in [4.69, 9.17) is 4.74 Å². The van der Waals surface area contributed by atoms with Crippen molar-refractivity contribution >= 4 is 28.0 Å². The Labute approximate surface area is 290 Å². The average molecular weight is 698 g/mol. The summed E-state index contributed by atoms with van der Waals surface area (Å²) in [6, 6.07) is 6.35. The van der Waals surface area contributed by atoms with E-state index in [9.17, 15) is 9.90 Å². The zero-order valence-electron chi connectivity index (χ0n) is 29.9. The number of benzene rings is 1. The third-order valence-electron chi connectivity index (χ3n) is 14.0. The summed E-state index contributed by atoms with van der Waals surface area (Å²) in [5, 5.41) is 10.3. The van der Waals surface area contributed by atoms with Crippen LogP contribution in [-0.2, 0) is 11.2 Å². The van der Waals surface area contributed by atoms with Crippen molar-refractivity contribution in [1.82, 2.24) is 0 Å². The lowest BCUT2D eigenvalue weighted by Gasteiger charge is -2.61. The van der Waals surface area contributed by atoms with E-state index in [1.165, 1.54) is 102 Å². The predicted molar refractivity (Wildman–Crippen MR) is 197 cm³/mol. The minimum absolute atomic E-state index is 0.290. The lowest BCUT2D eigenvalue weighted by molar-refractivity contribution is -0.131. The zero-order chi connectivity index (χ0) is 32.9. The Kier molecular flexibility index (Phi) is 12.5. The number of unbranched alkanes of at least 4 members (excludes halogenated alkanes) is 3. The van der Waals surface area contributed by atoms with E-state index in [1.54, 1.807) is 6.08 Å². The maximum absolute atomic E-state index is 11.2. The van der Waals surface area contributed by atoms with Gasteiger partial charge in [0.1, 0.15) is 5.75 Å². The third-order valence-corrected chi connectivity index (χ3v) is 14.5. The van der Waals surface area contributed by atoms with Crippen molar-refractivity contribution in [2.24, 2.45) is 52.3 Å². The van der Waals surface area contributed by atoms with Crippen molar-refractivity contribution in [2.45, 2.75) is 150 Å². The van der Waals surface area contributed by atoms with E-state index < -0.39 is 5.97 Å². The number of hydrogen-bond donors (Lipinski definition) is 1. The molecule has 3 nitrogen and oxygen atoms in total. The van der Waals surface area contributed by atoms with Crippen molar-refractivity contribution in [2.75, 3.05) is 5.33 Å². The Morgan fingerprint density at radius 3 is 2.46 bits per heavy atom. The molecule has 0 amide bonds. The van der Waals surface area contributed by atoms with E-state index in [-0.39, 0.29) is 0 Å². The Morgan fingerprint density at radius 2 is 1.70 bits per heavy atom. The van der Waals surface area contributed by atoms with Crippen molar-refractivity contribution in [1.29, 1.82) is 0 Å². The smallest absolute Gasteiger partial charge is 0.328 e. The summed E-state index contributed by atoms with van der Waals surface area (Å²) in [4.78, 5) is 11.2. The summed E-state index contributed by atoms with van der Waals surface area (Å²) in [5.74, 6) is 6.28. The van der Waals surface area contributed by atoms with Gasteiger partial charge in [-0.05, 0) is 159 Å². The number of ether oxygens (including phenoxy) is 1. The first-order valence-corrected chi connectivity index (χ1v) is 20.4. The molecule has 0 aromatic heterocycles. The second-order valence-corrected chi connectivity index (χ2v) is 17.9. The molecule has 0 aliphatic heterocycles. The summed E-state index contributed by atoms with van der Waals surface area (Å²) < 4.78 is 6.78. The quantitative estimate of drug-likeness (QED) is 0.113. The second-order valence-electron chi connectivity index (χ2n) is 17.1. The minimum Gasteiger partial charge on any atom is -0.490 e. The number of carboxylic acid groups (broad SMARTS) is 1. The van der Waals surface area contributed by atoms with Crippen LogP contribution in [0.1, 0.15) is 148 Å². The molecule has 0 spiro atoms. The molecule has 5 rings (SSSR count). The fourth-order valence-electron chi connectivity index (χ4n) is 11.5. The van der Waals surface area contributed by atoms with Crippen LogP contribution in [0.3, 0.4) is 0 Å². The molecule has 1 aromatic rings. The fraction of sp³-hybridized carbons (Fsp3) is 0.786. The van der Waals surface area contributed by atoms with E-state index in [0.29, 0.717) is 16.9 Å². The molecule has 46 heavy (non-hydrogen) atoms. The van der Waals surface area contributed by atoms with Gasteiger partial charge < -0.3 is 9.84 Å². The van der Waals surface area contributed by atoms with E-state index in [1.807, 2.05) is 0 Å². The molecule has 4 saturated carbocycles. The number of hydrogen-bond acceptors (Lipinski definition) is 2. The molecule has 258 valence electrons. The molecule has 4 heteroatoms. The summed E-state index contributed by atoms with van der Waals surface area (Å²) in [6.45, 7) is 12.8. The molecule has 2 unspecified atom stereocenters. The van der Waals surface area contributed by atoms with Crippen LogP contribution in [0.2, 0.25) is 0 Å². The molecular formula is C42H65BrO3. The van der Waals surface area contributed by atoms with Crippen LogP contribution in [0.15, 0.2) is 24.3 Å². The van der Waals surface area contributed by atoms with Crippen molar-refractivity contribution in [3.8, 4) is 5.75 Å². The molecule has 0 bridgehead atoms. The van der Waals surface area contributed by atoms with E-state index >= 15 is 0 Å². The average Bonchev–Trinajstić information content (AvgIpc) is 3.38. The number of aliphatic carboxylic acids is 1. The molecule has 0 radical (unpaired) electrons. The highest BCUT2D eigenvalue weighted by Gasteiger charge is 2.60. The van der Waals surface area contributed by atoms with Gasteiger partial charge in [-0.3, -0.25) is 0 Å². The van der Waals surface area contributed by atoms with E-state index in [2.05, 4.69) is 68.7 Å². The maximum Gasteiger partial charge on any atom is 0.328 e. The number of alkyl halides is 1. The molecular weight excluding hydrogens is 632 g/mol. The first-order chi connectivity index (χ1) is 22.0. The van der Waals surface area contributed by atoms with Crippen molar-refractivity contribution in [3.63, 3.8) is 0 Å². The van der Waals surface area contributed by atoms with Crippen LogP contribution in [0, 0.1) is 52.3 Å². The molecule has 1 N–H and O–H groups in total. The Balaban J connectivity index is 1.21. The zero-order valence-corrected chi connectivity index (χ0v) is 31.5. The summed E-state index contributed by atoms with van der Waals surface area (Å²) in [5.41, 5.74) is 3.26. The van der Waals surface area contributed by atoms with E-state index in [0.717, 1.165) is 77.3 Å². The first kappa shape index (κ1) is 36.0. The lowest BCUT2D eigenvalue weighted by atomic mass is 9.44. The van der Waals surface area contributed by atoms with Crippen LogP contribution in [0.5, 0.6) is 5.75 Å². The van der Waals surface area contributed by atoms with Gasteiger partial charge in [0, 0.05) is 11.4 Å². The molecule has 4 aliphatic carbocycles. The summed E-state index contributed by atoms with van der Waals surface area (Å²) >= 11 is 3.54. The van der Waals surface area contributed by atoms with Gasteiger partial charge in [-0.25, -0.2) is 4.79 Å². The Bertz CT molecular complexity index is 1180. The van der Waals surface area contributed by atoms with Gasteiger partial charge >= 0.3 is 5.97 Å². The molecule has 0 heterocycles. The number of carboxylic acids is 1. The van der Waals surface area contributed by atoms with Gasteiger partial charge in [0.05, 0.1) is 6.10 Å². The number of halogens is 1. The van der Waals surface area contributed by atoms with Crippen LogP contribution in [-0.4, -0.2) is 22.5 Å². The van der Waals surface area contributed by atoms with Gasteiger partial charge in [-0.2, -0.15) is 0 Å². The van der Waals surface area contributed by atoms with Crippen LogP contribution in [0.25, 0.3) is 6.08 Å². The molecule has 0 saturated heterocycles. The number of carbonyl (C=O) groups is 1. The normalized spacial score (nSPS) is 34.7. The standard InChI is InChI=1S/C42H65BrO3/c1-29(2)11-10-12-30(3)37-19-20-38-36-18-16-33-28-35(22-24-41(33,4)39(36)23-25-42(37,38)5)46-34-17-14-31(15-21-40(44)45)32(27-34)13-8-6-7-9-26-43/h14-15,17,21,27,29-30,33,35-39H,6-13,16,18-20,22-26,28H2,1-5H3,(H,44,45)/b21-15+/t30-,33?,35?,36+,37-,38+,39+,41+,42-/m1/s1. The molecule has 1 aromatic carbocycles. The number of aryl methyl sites for hydroxylation is 1. The van der Waals surface area contributed by atoms with Crippen LogP contribution in [0.4, 0.5) is 0 Å². The van der Waals surface area contributed by atoms with Gasteiger partial charge in [0.2, 0.25) is 0 Å². The number of rotatable bonds is 15. The van der Waals surface area contributed by atoms with Crippen molar-refractivity contribution in [3.05, 3.63) is 35.4 Å². The third kappa shape index (κ3) is 8.11. The highest BCUT2D eigenvalue weighted by Crippen LogP contribution is 2.68. The summed E-state index contributed by atoms with van der Waals surface area (Å²) in [7, 11) is 0. The SMILES string of the molecule is CC(C)CCC[C@@H](C)[C@H]1CC[C@H]2[C@@H]3CCC4CC(Oc5ccc(/C=C/C(=O)O)c(CCCCCCBr)c5)CC[C@]4(C)[C@H]3CC[C@]12C. The number of fused-ring (bicyclic) bond motifs is 5. The lowest BCUT2D eigenvalue weighted by Crippen LogP contribution is -2.54. The topological polar surface area (TPSA) is 46.5 Å². The maximum atomic E-state index is 11.2. The molecule has 4 fully saturated rings. The molecule has 9 atom stereocenters. The van der Waals surface area contributed by atoms with Gasteiger partial charge in [0.15, 0.2) is 0 Å². The minimum atomic E-state index is -0.898. The first-order valence-electron chi connectivity index (χ1n) is 19.3. The molecule has 4 aliphatic rings. The predicted octanol–water partition coefficient (Wildman–Crippen LogP) is 12.2. The van der Waals surface area contributed by atoms with Gasteiger partial charge in [-0.15, -0.1) is 0 Å². The Morgan fingerprint density at radius 1 is 0.935 bits per heavy atom. The van der Waals surface area contributed by atoms with Gasteiger partial charge in [0.25, 0.3) is 0 Å². The Hall–Kier alpha value is -1.29. The largest absolute Gasteiger partial charge is 0.490 e. The monoisotopic (exact) mass is 696 g/mol. The van der Waals surface area contributed by atoms with Crippen LogP contribution >= 0.6 is 15.9 Å². The fourth-order valence-corrected chi connectivity index (χ4v) is 11.9. The second kappa shape index (κ2) is 15.9. The van der Waals surface area contributed by atoms with Crippen LogP contribution < -0.4 is 4.74 Å². The highest BCUT2D eigenvalue weighted by molar-refractivity contribution is 9.09. The highest BCUT2D eigenvalue weighted by atomic mass is 79.9.